The number of nitrogens with zero attached hydrogens (tertiary/aromatic N) is 7. The Morgan fingerprint density at radius 1 is 1.33 bits per heavy atom. The normalized spacial score (nSPS) is 19.5. The molecule has 4 aromatic rings. The Morgan fingerprint density at radius 3 is 2.89 bits per heavy atom. The Balaban J connectivity index is 1.34. The number of anilines is 2. The third kappa shape index (κ3) is 4.57. The summed E-state index contributed by atoms with van der Waals surface area (Å²) in [7, 11) is 0. The van der Waals surface area contributed by atoms with E-state index in [2.05, 4.69) is 41.9 Å². The fourth-order valence-corrected chi connectivity index (χ4v) is 4.30. The summed E-state index contributed by atoms with van der Waals surface area (Å²) >= 11 is 0. The highest BCUT2D eigenvalue weighted by Gasteiger charge is 2.38. The van der Waals surface area contributed by atoms with Crippen molar-refractivity contribution in [1.29, 1.82) is 5.26 Å². The summed E-state index contributed by atoms with van der Waals surface area (Å²) in [4.78, 5) is 25.0. The Morgan fingerprint density at radius 2 is 2.17 bits per heavy atom. The molecule has 1 saturated carbocycles. The molecule has 1 amide bonds. The second-order valence-corrected chi connectivity index (χ2v) is 9.08. The van der Waals surface area contributed by atoms with Gasteiger partial charge in [-0.15, -0.1) is 0 Å². The zero-order valence-corrected chi connectivity index (χ0v) is 19.9. The molecular weight excluding hydrogens is 467 g/mol. The monoisotopic (exact) mass is 492 g/mol. The van der Waals surface area contributed by atoms with Gasteiger partial charge in [0.15, 0.2) is 17.2 Å². The molecule has 0 aliphatic heterocycles. The van der Waals surface area contributed by atoms with Gasteiger partial charge in [-0.2, -0.15) is 10.4 Å². The lowest BCUT2D eigenvalue weighted by atomic mass is 10.0. The van der Waals surface area contributed by atoms with Gasteiger partial charge in [0.25, 0.3) is 0 Å². The molecule has 12 nitrogen and oxygen atoms in total. The number of nitrogens with one attached hydrogen (secondary N) is 3. The van der Waals surface area contributed by atoms with E-state index in [0.717, 1.165) is 11.4 Å². The first-order valence-electron chi connectivity index (χ1n) is 11.5. The number of fused-ring (bicyclic) bond motifs is 1. The van der Waals surface area contributed by atoms with Gasteiger partial charge in [0.05, 0.1) is 24.4 Å². The molecule has 1 aliphatic carbocycles. The van der Waals surface area contributed by atoms with E-state index in [0.29, 0.717) is 29.5 Å². The quantitative estimate of drug-likeness (QED) is 0.371. The average molecular weight is 493 g/mol. The molecule has 4 aromatic heterocycles. The van der Waals surface area contributed by atoms with E-state index in [-0.39, 0.29) is 24.1 Å². The Labute approximate surface area is 205 Å². The number of aromatic nitrogens is 7. The number of alkyl carbamates (subject to hydrolysis) is 1. The molecule has 0 radical (unpaired) electrons. The fraction of sp³-hybridized carbons (Fsp3) is 0.391. The van der Waals surface area contributed by atoms with E-state index in [1.54, 1.807) is 33.8 Å². The zero-order chi connectivity index (χ0) is 25.4. The van der Waals surface area contributed by atoms with Gasteiger partial charge in [-0.3, -0.25) is 9.50 Å². The van der Waals surface area contributed by atoms with Crippen molar-refractivity contribution in [1.82, 2.24) is 39.4 Å². The molecule has 0 aromatic carbocycles. The van der Waals surface area contributed by atoms with Crippen LogP contribution < -0.4 is 10.6 Å². The van der Waals surface area contributed by atoms with Crippen LogP contribution in [0, 0.1) is 18.3 Å². The summed E-state index contributed by atoms with van der Waals surface area (Å²) in [5.74, 6) is 0.687. The van der Waals surface area contributed by atoms with Gasteiger partial charge in [0, 0.05) is 29.9 Å². The van der Waals surface area contributed by atoms with Crippen LogP contribution in [0.1, 0.15) is 49.7 Å². The lowest BCUT2D eigenvalue weighted by molar-refractivity contribution is 0.0593. The van der Waals surface area contributed by atoms with Gasteiger partial charge >= 0.3 is 6.09 Å². The first-order valence-corrected chi connectivity index (χ1v) is 11.5. The minimum absolute atomic E-state index is 0.0908. The highest BCUT2D eigenvalue weighted by Crippen LogP contribution is 2.38. The van der Waals surface area contributed by atoms with E-state index < -0.39 is 18.4 Å². The number of nitriles is 1. The molecule has 186 valence electrons. The summed E-state index contributed by atoms with van der Waals surface area (Å²) in [5, 5.41) is 22.4. The number of imidazole rings is 2. The Hall–Kier alpha value is -4.47. The van der Waals surface area contributed by atoms with Crippen LogP contribution in [-0.2, 0) is 4.74 Å². The molecule has 1 fully saturated rings. The van der Waals surface area contributed by atoms with Crippen molar-refractivity contribution < 1.29 is 13.9 Å². The Bertz CT molecular complexity index is 1450. The number of aromatic amines is 1. The van der Waals surface area contributed by atoms with Crippen molar-refractivity contribution in [2.45, 2.75) is 57.8 Å². The first-order chi connectivity index (χ1) is 17.3. The molecule has 0 unspecified atom stereocenters. The highest BCUT2D eigenvalue weighted by molar-refractivity contribution is 5.68. The smallest absolute Gasteiger partial charge is 0.407 e. The van der Waals surface area contributed by atoms with Gasteiger partial charge in [-0.25, -0.2) is 24.1 Å². The molecule has 0 bridgehead atoms. The number of hydrogen-bond donors (Lipinski definition) is 3. The van der Waals surface area contributed by atoms with Gasteiger partial charge < -0.3 is 19.9 Å². The average Bonchev–Trinajstić information content (AvgIpc) is 3.61. The predicted molar refractivity (Wildman–Crippen MR) is 127 cm³/mol. The Kier molecular flexibility index (Phi) is 6.01. The van der Waals surface area contributed by atoms with Crippen molar-refractivity contribution in [3.63, 3.8) is 0 Å². The van der Waals surface area contributed by atoms with Crippen LogP contribution >= 0.6 is 0 Å². The number of aryl methyl sites for hydroxylation is 1. The van der Waals surface area contributed by atoms with E-state index in [1.807, 2.05) is 27.0 Å². The van der Waals surface area contributed by atoms with Gasteiger partial charge in [0.2, 0.25) is 5.95 Å². The van der Waals surface area contributed by atoms with Crippen LogP contribution in [0.25, 0.3) is 11.3 Å². The predicted octanol–water partition coefficient (Wildman–Crippen LogP) is 3.28. The lowest BCUT2D eigenvalue weighted by Crippen LogP contribution is -2.35. The first kappa shape index (κ1) is 23.3. The second-order valence-electron chi connectivity index (χ2n) is 9.08. The van der Waals surface area contributed by atoms with Crippen LogP contribution in [0.15, 0.2) is 31.0 Å². The van der Waals surface area contributed by atoms with E-state index in [4.69, 9.17) is 4.74 Å². The van der Waals surface area contributed by atoms with Crippen LogP contribution in [-0.4, -0.2) is 58.5 Å². The summed E-state index contributed by atoms with van der Waals surface area (Å²) in [6.07, 6.45) is 4.59. The molecule has 4 heterocycles. The maximum Gasteiger partial charge on any atom is 0.407 e. The van der Waals surface area contributed by atoms with Crippen molar-refractivity contribution in [3.05, 3.63) is 48.1 Å². The maximum atomic E-state index is 14.6. The maximum absolute atomic E-state index is 14.6. The third-order valence-corrected chi connectivity index (χ3v) is 5.95. The van der Waals surface area contributed by atoms with Gasteiger partial charge in [-0.1, -0.05) is 0 Å². The summed E-state index contributed by atoms with van der Waals surface area (Å²) in [5.41, 5.74) is 2.98. The van der Waals surface area contributed by atoms with E-state index >= 15 is 0 Å². The van der Waals surface area contributed by atoms with Crippen molar-refractivity contribution in [2.75, 3.05) is 5.32 Å². The number of halogens is 1. The standard InChI is InChI=1S/C23H25FN10O2/c1-12(2)28-23(35)36-19-5-14(4-16(19)24)17-6-20(32-31-17)30-22-26-8-18(33-9-13(3)27-11-33)21-29-15(7-25)10-34(21)22/h6,8-12,14,16,19H,4-5H2,1-3H3,(H,28,35)(H2,26,30,31,32)/t14-,16+,19-/m0/s1. The topological polar surface area (TPSA) is 151 Å². The van der Waals surface area contributed by atoms with Crippen LogP contribution in [0.3, 0.4) is 0 Å². The van der Waals surface area contributed by atoms with Crippen LogP contribution in [0.2, 0.25) is 0 Å². The molecule has 5 rings (SSSR count). The van der Waals surface area contributed by atoms with Crippen molar-refractivity contribution in [3.8, 4) is 11.8 Å². The lowest BCUT2D eigenvalue weighted by Gasteiger charge is -2.16. The summed E-state index contributed by atoms with van der Waals surface area (Å²) in [6.45, 7) is 5.50. The number of carbonyl (C=O) groups excluding carboxylic acids is 1. The number of hydrogen-bond acceptors (Lipinski definition) is 8. The minimum atomic E-state index is -1.26. The largest absolute Gasteiger partial charge is 0.443 e. The molecule has 36 heavy (non-hydrogen) atoms. The molecule has 3 atom stereocenters. The number of H-pyrrole nitrogens is 1. The SMILES string of the molecule is Cc1cn(-c2cnc(Nc3cc([C@H]4C[C@@H](F)[C@@H](OC(=O)NC(C)C)C4)[nH]n3)n3cc(C#N)nc23)cn1. The highest BCUT2D eigenvalue weighted by atomic mass is 19.1. The minimum Gasteiger partial charge on any atom is -0.443 e. The molecule has 0 saturated heterocycles. The third-order valence-electron chi connectivity index (χ3n) is 5.95. The second kappa shape index (κ2) is 9.29. The summed E-state index contributed by atoms with van der Waals surface area (Å²) in [6, 6.07) is 3.74. The number of amides is 1. The molecule has 3 N–H and O–H groups in total. The van der Waals surface area contributed by atoms with E-state index in [9.17, 15) is 14.4 Å². The number of ether oxygens (including phenoxy) is 1. The number of alkyl halides is 1. The fourth-order valence-electron chi connectivity index (χ4n) is 4.30. The summed E-state index contributed by atoms with van der Waals surface area (Å²) < 4.78 is 23.3. The molecule has 0 spiro atoms. The van der Waals surface area contributed by atoms with Crippen LogP contribution in [0.5, 0.6) is 0 Å². The molecule has 13 heteroatoms. The van der Waals surface area contributed by atoms with E-state index in [1.165, 1.54) is 0 Å². The molecular formula is C23H25FN10O2. The molecule has 1 aliphatic rings. The van der Waals surface area contributed by atoms with Crippen LogP contribution in [0.4, 0.5) is 21.0 Å². The van der Waals surface area contributed by atoms with Crippen molar-refractivity contribution >= 4 is 23.5 Å². The van der Waals surface area contributed by atoms with Gasteiger partial charge in [-0.05, 0) is 33.6 Å². The zero-order valence-electron chi connectivity index (χ0n) is 19.9. The van der Waals surface area contributed by atoms with Gasteiger partial charge in [0.1, 0.15) is 24.0 Å². The van der Waals surface area contributed by atoms with Crippen molar-refractivity contribution in [2.24, 2.45) is 0 Å². The number of carbonyl (C=O) groups is 1. The number of rotatable bonds is 6.